The maximum absolute atomic E-state index is 13.1. The Labute approximate surface area is 184 Å². The lowest BCUT2D eigenvalue weighted by atomic mass is 10.1. The van der Waals surface area contributed by atoms with Crippen LogP contribution in [0.3, 0.4) is 0 Å². The van der Waals surface area contributed by atoms with E-state index in [1.807, 2.05) is 13.8 Å². The number of hydrogen-bond donors (Lipinski definition) is 0. The number of hydrogen-bond acceptors (Lipinski definition) is 4. The average molecular weight is 446 g/mol. The van der Waals surface area contributed by atoms with Gasteiger partial charge in [-0.25, -0.2) is 8.42 Å². The molecule has 7 nitrogen and oxygen atoms in total. The van der Waals surface area contributed by atoms with Crippen molar-refractivity contribution in [3.63, 3.8) is 0 Å². The molecule has 0 bridgehead atoms. The van der Waals surface area contributed by atoms with Crippen LogP contribution >= 0.6 is 0 Å². The van der Waals surface area contributed by atoms with Gasteiger partial charge in [0.05, 0.1) is 0 Å². The van der Waals surface area contributed by atoms with Crippen molar-refractivity contribution >= 4 is 15.9 Å². The zero-order chi connectivity index (χ0) is 22.2. The molecule has 1 aromatic carbocycles. The van der Waals surface area contributed by atoms with E-state index in [9.17, 15) is 13.2 Å². The lowest BCUT2D eigenvalue weighted by Gasteiger charge is -2.32. The van der Waals surface area contributed by atoms with Gasteiger partial charge in [0, 0.05) is 52.3 Å². The monoisotopic (exact) mass is 445 g/mol. The topological polar surface area (TPSA) is 71.8 Å². The highest BCUT2D eigenvalue weighted by Crippen LogP contribution is 2.26. The van der Waals surface area contributed by atoms with Crippen LogP contribution in [0.15, 0.2) is 35.4 Å². The molecule has 31 heavy (non-hydrogen) atoms. The molecule has 2 saturated heterocycles. The van der Waals surface area contributed by atoms with E-state index >= 15 is 0 Å². The number of aryl methyl sites for hydroxylation is 3. The highest BCUT2D eigenvalue weighted by molar-refractivity contribution is 7.89. The molecular formula is C23H31N3O4S. The van der Waals surface area contributed by atoms with Crippen molar-refractivity contribution in [3.05, 3.63) is 47.3 Å². The lowest BCUT2D eigenvalue weighted by molar-refractivity contribution is 0.0585. The van der Waals surface area contributed by atoms with Gasteiger partial charge in [-0.3, -0.25) is 4.79 Å². The minimum Gasteiger partial charge on any atom is -0.490 e. The van der Waals surface area contributed by atoms with Gasteiger partial charge >= 0.3 is 0 Å². The van der Waals surface area contributed by atoms with Crippen molar-refractivity contribution in [1.29, 1.82) is 0 Å². The van der Waals surface area contributed by atoms with Gasteiger partial charge in [0.2, 0.25) is 10.0 Å². The van der Waals surface area contributed by atoms with Crippen LogP contribution in [0.2, 0.25) is 0 Å². The SMILES string of the molecule is Cc1ccc(C)c(OC2CCN(C(=O)c3cc(S(=O)(=O)N4CCCC4)cn3C)CC2)c1. The Balaban J connectivity index is 1.41. The first-order chi connectivity index (χ1) is 14.8. The molecule has 2 aliphatic heterocycles. The van der Waals surface area contributed by atoms with Crippen molar-refractivity contribution in [2.75, 3.05) is 26.2 Å². The summed E-state index contributed by atoms with van der Waals surface area (Å²) in [5.74, 6) is 0.777. The predicted molar refractivity (Wildman–Crippen MR) is 119 cm³/mol. The summed E-state index contributed by atoms with van der Waals surface area (Å²) in [5.41, 5.74) is 2.68. The van der Waals surface area contributed by atoms with Crippen LogP contribution in [0, 0.1) is 13.8 Å². The van der Waals surface area contributed by atoms with Gasteiger partial charge in [0.25, 0.3) is 5.91 Å². The fourth-order valence-electron chi connectivity index (χ4n) is 4.32. The Morgan fingerprint density at radius 1 is 1.03 bits per heavy atom. The zero-order valence-electron chi connectivity index (χ0n) is 18.5. The molecule has 0 spiro atoms. The van der Waals surface area contributed by atoms with Crippen LogP contribution in [0.25, 0.3) is 0 Å². The third-order valence-electron chi connectivity index (χ3n) is 6.27. The van der Waals surface area contributed by atoms with Gasteiger partial charge in [-0.1, -0.05) is 12.1 Å². The molecule has 0 radical (unpaired) electrons. The standard InChI is InChI=1S/C23H31N3O4S/c1-17-6-7-18(2)22(14-17)30-19-8-12-25(13-9-19)23(27)21-15-20(16-24(21)3)31(28,29)26-10-4-5-11-26/h6-7,14-16,19H,4-5,8-13H2,1-3H3. The third kappa shape index (κ3) is 4.50. The van der Waals surface area contributed by atoms with Crippen LogP contribution in [0.4, 0.5) is 0 Å². The molecule has 0 aliphatic carbocycles. The number of aromatic nitrogens is 1. The van der Waals surface area contributed by atoms with Crippen molar-refractivity contribution in [3.8, 4) is 5.75 Å². The second kappa shape index (κ2) is 8.67. The second-order valence-electron chi connectivity index (χ2n) is 8.66. The van der Waals surface area contributed by atoms with Gasteiger partial charge < -0.3 is 14.2 Å². The summed E-state index contributed by atoms with van der Waals surface area (Å²) in [7, 11) is -1.81. The van der Waals surface area contributed by atoms with Gasteiger partial charge in [-0.05, 0) is 49.9 Å². The molecule has 1 amide bonds. The molecule has 0 N–H and O–H groups in total. The number of piperidine rings is 1. The minimum absolute atomic E-state index is 0.0732. The van der Waals surface area contributed by atoms with E-state index in [2.05, 4.69) is 18.2 Å². The average Bonchev–Trinajstić information content (AvgIpc) is 3.41. The maximum atomic E-state index is 13.1. The van der Waals surface area contributed by atoms with Crippen molar-refractivity contribution in [1.82, 2.24) is 13.8 Å². The molecule has 0 saturated carbocycles. The van der Waals surface area contributed by atoms with Crippen LogP contribution in [0.1, 0.15) is 47.3 Å². The largest absolute Gasteiger partial charge is 0.490 e. The maximum Gasteiger partial charge on any atom is 0.270 e. The summed E-state index contributed by atoms with van der Waals surface area (Å²) >= 11 is 0. The number of carbonyl (C=O) groups is 1. The zero-order valence-corrected chi connectivity index (χ0v) is 19.3. The van der Waals surface area contributed by atoms with E-state index in [0.29, 0.717) is 31.9 Å². The first kappa shape index (κ1) is 21.9. The quantitative estimate of drug-likeness (QED) is 0.709. The Hall–Kier alpha value is -2.32. The predicted octanol–water partition coefficient (Wildman–Crippen LogP) is 3.11. The summed E-state index contributed by atoms with van der Waals surface area (Å²) in [5, 5.41) is 0. The normalized spacial score (nSPS) is 18.5. The first-order valence-corrected chi connectivity index (χ1v) is 12.4. The van der Waals surface area contributed by atoms with Gasteiger partial charge in [0.1, 0.15) is 22.4 Å². The summed E-state index contributed by atoms with van der Waals surface area (Å²) < 4.78 is 35.0. The van der Waals surface area contributed by atoms with E-state index in [4.69, 9.17) is 4.74 Å². The Morgan fingerprint density at radius 2 is 1.71 bits per heavy atom. The number of likely N-dealkylation sites (tertiary alicyclic amines) is 1. The summed E-state index contributed by atoms with van der Waals surface area (Å²) in [4.78, 5) is 15.1. The molecule has 168 valence electrons. The van der Waals surface area contributed by atoms with Crippen molar-refractivity contribution in [2.24, 2.45) is 7.05 Å². The Kier molecular flexibility index (Phi) is 6.12. The molecule has 3 heterocycles. The second-order valence-corrected chi connectivity index (χ2v) is 10.6. The smallest absolute Gasteiger partial charge is 0.270 e. The molecule has 1 aromatic heterocycles. The van der Waals surface area contributed by atoms with Crippen molar-refractivity contribution in [2.45, 2.75) is 50.5 Å². The number of amides is 1. The van der Waals surface area contributed by atoms with E-state index in [1.165, 1.54) is 10.4 Å². The number of nitrogens with zero attached hydrogens (tertiary/aromatic N) is 3. The third-order valence-corrected chi connectivity index (χ3v) is 8.13. The van der Waals surface area contributed by atoms with Crippen molar-refractivity contribution < 1.29 is 17.9 Å². The number of carbonyl (C=O) groups excluding carboxylic acids is 1. The molecule has 0 atom stereocenters. The molecule has 0 unspecified atom stereocenters. The molecule has 2 fully saturated rings. The molecular weight excluding hydrogens is 414 g/mol. The van der Waals surface area contributed by atoms with Crippen LogP contribution in [-0.2, 0) is 17.1 Å². The number of ether oxygens (including phenoxy) is 1. The van der Waals surface area contributed by atoms with E-state index in [0.717, 1.165) is 42.6 Å². The number of sulfonamides is 1. The highest BCUT2D eigenvalue weighted by atomic mass is 32.2. The summed E-state index contributed by atoms with van der Waals surface area (Å²) in [6.45, 7) is 6.37. The van der Waals surface area contributed by atoms with Gasteiger partial charge in [-0.15, -0.1) is 0 Å². The molecule has 2 aliphatic rings. The Morgan fingerprint density at radius 3 is 2.39 bits per heavy atom. The van der Waals surface area contributed by atoms with Gasteiger partial charge in [-0.2, -0.15) is 4.31 Å². The van der Waals surface area contributed by atoms with Crippen LogP contribution < -0.4 is 4.74 Å². The Bertz CT molecular complexity index is 1060. The summed E-state index contributed by atoms with van der Waals surface area (Å²) in [6, 6.07) is 7.71. The molecule has 4 rings (SSSR count). The number of benzene rings is 1. The molecule has 2 aromatic rings. The minimum atomic E-state index is -3.53. The lowest BCUT2D eigenvalue weighted by Crippen LogP contribution is -2.42. The highest BCUT2D eigenvalue weighted by Gasteiger charge is 2.31. The van der Waals surface area contributed by atoms with E-state index < -0.39 is 10.0 Å². The van der Waals surface area contributed by atoms with Gasteiger partial charge in [0.15, 0.2) is 0 Å². The van der Waals surface area contributed by atoms with Crippen LogP contribution in [-0.4, -0.2) is 60.4 Å². The fraction of sp³-hybridized carbons (Fsp3) is 0.522. The summed E-state index contributed by atoms with van der Waals surface area (Å²) in [6.07, 6.45) is 4.90. The molecule has 8 heteroatoms. The number of rotatable bonds is 5. The van der Waals surface area contributed by atoms with E-state index in [-0.39, 0.29) is 16.9 Å². The fourth-order valence-corrected chi connectivity index (χ4v) is 5.91. The van der Waals surface area contributed by atoms with Crippen LogP contribution in [0.5, 0.6) is 5.75 Å². The van der Waals surface area contributed by atoms with E-state index in [1.54, 1.807) is 22.7 Å². The first-order valence-electron chi connectivity index (χ1n) is 11.0.